The van der Waals surface area contributed by atoms with E-state index in [4.69, 9.17) is 4.74 Å². The number of carbonyl (C=O) groups is 1. The van der Waals surface area contributed by atoms with Crippen LogP contribution in [0.15, 0.2) is 30.3 Å². The highest BCUT2D eigenvalue weighted by Gasteiger charge is 2.39. The Morgan fingerprint density at radius 3 is 2.06 bits per heavy atom. The molecule has 18 heavy (non-hydrogen) atoms. The highest BCUT2D eigenvalue weighted by Crippen LogP contribution is 2.35. The molecule has 0 saturated heterocycles. The molecule has 0 aromatic heterocycles. The van der Waals surface area contributed by atoms with E-state index in [9.17, 15) is 4.79 Å². The predicted molar refractivity (Wildman–Crippen MR) is 74.6 cm³/mol. The summed E-state index contributed by atoms with van der Waals surface area (Å²) in [5, 5.41) is 0. The first kappa shape index (κ1) is 14.7. The summed E-state index contributed by atoms with van der Waals surface area (Å²) >= 11 is 0. The van der Waals surface area contributed by atoms with Gasteiger partial charge in [-0.1, -0.05) is 57.0 Å². The molecule has 0 heterocycles. The molecule has 2 heteroatoms. The minimum atomic E-state index is -0.458. The summed E-state index contributed by atoms with van der Waals surface area (Å²) in [4.78, 5) is 12.4. The van der Waals surface area contributed by atoms with Gasteiger partial charge in [-0.25, -0.2) is 0 Å². The molecule has 1 aromatic rings. The Morgan fingerprint density at radius 1 is 1.06 bits per heavy atom. The van der Waals surface area contributed by atoms with Crippen LogP contribution >= 0.6 is 0 Å². The van der Waals surface area contributed by atoms with Crippen LogP contribution in [0.5, 0.6) is 0 Å². The third kappa shape index (κ3) is 3.12. The highest BCUT2D eigenvalue weighted by molar-refractivity contribution is 5.83. The van der Waals surface area contributed by atoms with Gasteiger partial charge in [0, 0.05) is 0 Å². The van der Waals surface area contributed by atoms with Crippen LogP contribution in [0.25, 0.3) is 0 Å². The summed E-state index contributed by atoms with van der Waals surface area (Å²) in [5.74, 6) is -0.0695. The topological polar surface area (TPSA) is 26.3 Å². The molecule has 0 aliphatic heterocycles. The first-order chi connectivity index (χ1) is 8.71. The molecule has 0 bridgehead atoms. The Bertz CT molecular complexity index is 351. The lowest BCUT2D eigenvalue weighted by atomic mass is 9.73. The van der Waals surface area contributed by atoms with Crippen LogP contribution in [0.3, 0.4) is 0 Å². The lowest BCUT2D eigenvalue weighted by molar-refractivity contribution is -0.151. The van der Waals surface area contributed by atoms with Crippen molar-refractivity contribution in [3.05, 3.63) is 35.9 Å². The zero-order chi connectivity index (χ0) is 13.4. The van der Waals surface area contributed by atoms with Crippen molar-refractivity contribution >= 4 is 5.97 Å². The number of hydrogen-bond donors (Lipinski definition) is 0. The van der Waals surface area contributed by atoms with E-state index in [1.807, 2.05) is 37.3 Å². The van der Waals surface area contributed by atoms with Gasteiger partial charge in [0.2, 0.25) is 0 Å². The third-order valence-electron chi connectivity index (χ3n) is 3.35. The van der Waals surface area contributed by atoms with Crippen molar-refractivity contribution in [2.45, 2.75) is 51.9 Å². The van der Waals surface area contributed by atoms with Crippen molar-refractivity contribution in [2.24, 2.45) is 0 Å². The molecule has 0 fully saturated rings. The largest absolute Gasteiger partial charge is 0.465 e. The molecule has 0 radical (unpaired) electrons. The summed E-state index contributed by atoms with van der Waals surface area (Å²) in [5.41, 5.74) is 0.632. The summed E-state index contributed by atoms with van der Waals surface area (Å²) in [6, 6.07) is 10.1. The zero-order valence-corrected chi connectivity index (χ0v) is 11.7. The lowest BCUT2D eigenvalue weighted by Gasteiger charge is -2.31. The SMILES string of the molecule is CCCC(CCC)(C(=O)OCC)c1ccccc1. The van der Waals surface area contributed by atoms with Gasteiger partial charge >= 0.3 is 5.97 Å². The number of rotatable bonds is 7. The van der Waals surface area contributed by atoms with Crippen molar-refractivity contribution in [3.8, 4) is 0 Å². The van der Waals surface area contributed by atoms with Crippen molar-refractivity contribution in [3.63, 3.8) is 0 Å². The molecule has 1 rings (SSSR count). The molecule has 0 unspecified atom stereocenters. The summed E-state index contributed by atoms with van der Waals surface area (Å²) in [6.07, 6.45) is 3.66. The van der Waals surface area contributed by atoms with Gasteiger partial charge in [0.1, 0.15) is 0 Å². The fraction of sp³-hybridized carbons (Fsp3) is 0.562. The Hall–Kier alpha value is -1.31. The van der Waals surface area contributed by atoms with Crippen LogP contribution in [-0.4, -0.2) is 12.6 Å². The molecule has 0 aliphatic carbocycles. The smallest absolute Gasteiger partial charge is 0.316 e. The first-order valence-corrected chi connectivity index (χ1v) is 6.94. The fourth-order valence-corrected chi connectivity index (χ4v) is 2.62. The average Bonchev–Trinajstić information content (AvgIpc) is 2.39. The maximum absolute atomic E-state index is 12.4. The minimum Gasteiger partial charge on any atom is -0.465 e. The van der Waals surface area contributed by atoms with Gasteiger partial charge in [0.15, 0.2) is 0 Å². The molecule has 0 atom stereocenters. The molecule has 0 saturated carbocycles. The predicted octanol–water partition coefficient (Wildman–Crippen LogP) is 4.09. The van der Waals surface area contributed by atoms with Gasteiger partial charge in [-0.05, 0) is 25.3 Å². The van der Waals surface area contributed by atoms with Crippen LogP contribution in [0, 0.1) is 0 Å². The van der Waals surface area contributed by atoms with E-state index in [0.717, 1.165) is 31.2 Å². The monoisotopic (exact) mass is 248 g/mol. The van der Waals surface area contributed by atoms with E-state index in [0.29, 0.717) is 6.61 Å². The number of carbonyl (C=O) groups excluding carboxylic acids is 1. The van der Waals surface area contributed by atoms with Crippen LogP contribution < -0.4 is 0 Å². The first-order valence-electron chi connectivity index (χ1n) is 6.94. The van der Waals surface area contributed by atoms with Gasteiger partial charge in [0.25, 0.3) is 0 Å². The second-order valence-corrected chi connectivity index (χ2v) is 4.67. The molecule has 0 spiro atoms. The Kier molecular flexibility index (Phi) is 5.90. The van der Waals surface area contributed by atoms with Crippen LogP contribution in [0.4, 0.5) is 0 Å². The van der Waals surface area contributed by atoms with E-state index >= 15 is 0 Å². The van der Waals surface area contributed by atoms with E-state index in [1.165, 1.54) is 0 Å². The zero-order valence-electron chi connectivity index (χ0n) is 11.7. The molecule has 2 nitrogen and oxygen atoms in total. The van der Waals surface area contributed by atoms with Crippen LogP contribution in [0.2, 0.25) is 0 Å². The van der Waals surface area contributed by atoms with Gasteiger partial charge in [-0.3, -0.25) is 4.79 Å². The highest BCUT2D eigenvalue weighted by atomic mass is 16.5. The number of benzene rings is 1. The van der Waals surface area contributed by atoms with E-state index in [-0.39, 0.29) is 5.97 Å². The molecule has 1 aromatic carbocycles. The summed E-state index contributed by atoms with van der Waals surface area (Å²) in [6.45, 7) is 6.55. The van der Waals surface area contributed by atoms with Crippen molar-refractivity contribution < 1.29 is 9.53 Å². The second-order valence-electron chi connectivity index (χ2n) is 4.67. The third-order valence-corrected chi connectivity index (χ3v) is 3.35. The maximum atomic E-state index is 12.4. The molecule has 0 aliphatic rings. The lowest BCUT2D eigenvalue weighted by Crippen LogP contribution is -2.37. The average molecular weight is 248 g/mol. The molecular formula is C16H24O2. The quantitative estimate of drug-likeness (QED) is 0.679. The number of ether oxygens (including phenoxy) is 1. The molecule has 0 amide bonds. The van der Waals surface area contributed by atoms with Crippen molar-refractivity contribution in [1.29, 1.82) is 0 Å². The fourth-order valence-electron chi connectivity index (χ4n) is 2.62. The standard InChI is InChI=1S/C16H24O2/c1-4-12-16(13-5-2,15(17)18-6-3)14-10-8-7-9-11-14/h7-11H,4-6,12-13H2,1-3H3. The molecule has 100 valence electrons. The van der Waals surface area contributed by atoms with E-state index in [2.05, 4.69) is 13.8 Å². The Morgan fingerprint density at radius 2 is 1.61 bits per heavy atom. The normalized spacial score (nSPS) is 11.3. The van der Waals surface area contributed by atoms with Gasteiger partial charge < -0.3 is 4.74 Å². The second kappa shape index (κ2) is 7.20. The maximum Gasteiger partial charge on any atom is 0.316 e. The van der Waals surface area contributed by atoms with Gasteiger partial charge in [-0.2, -0.15) is 0 Å². The van der Waals surface area contributed by atoms with Crippen LogP contribution in [-0.2, 0) is 14.9 Å². The molecule has 0 N–H and O–H groups in total. The summed E-state index contributed by atoms with van der Waals surface area (Å²) < 4.78 is 5.33. The summed E-state index contributed by atoms with van der Waals surface area (Å²) in [7, 11) is 0. The van der Waals surface area contributed by atoms with E-state index in [1.54, 1.807) is 0 Å². The van der Waals surface area contributed by atoms with E-state index < -0.39 is 5.41 Å². The number of esters is 1. The van der Waals surface area contributed by atoms with Gasteiger partial charge in [-0.15, -0.1) is 0 Å². The van der Waals surface area contributed by atoms with Crippen molar-refractivity contribution in [1.82, 2.24) is 0 Å². The minimum absolute atomic E-state index is 0.0695. The van der Waals surface area contributed by atoms with Gasteiger partial charge in [0.05, 0.1) is 12.0 Å². The van der Waals surface area contributed by atoms with Crippen LogP contribution in [0.1, 0.15) is 52.0 Å². The van der Waals surface area contributed by atoms with Crippen molar-refractivity contribution in [2.75, 3.05) is 6.61 Å². The Labute approximate surface area is 110 Å². The number of hydrogen-bond acceptors (Lipinski definition) is 2. The molecular weight excluding hydrogens is 224 g/mol. The Balaban J connectivity index is 3.16.